The number of hydrogen-bond donors (Lipinski definition) is 1. The zero-order valence-corrected chi connectivity index (χ0v) is 18.2. The molecule has 1 amide bonds. The maximum atomic E-state index is 12.9. The summed E-state index contributed by atoms with van der Waals surface area (Å²) >= 11 is 12.3. The Morgan fingerprint density at radius 2 is 1.97 bits per heavy atom. The minimum atomic E-state index is -3.79. The number of benzene rings is 1. The molecule has 0 spiro atoms. The van der Waals surface area contributed by atoms with Crippen molar-refractivity contribution in [2.24, 2.45) is 7.05 Å². The Hall–Kier alpha value is -1.91. The van der Waals surface area contributed by atoms with Crippen LogP contribution in [0.4, 0.5) is 5.69 Å². The molecule has 1 aromatic carbocycles. The second-order valence-electron chi connectivity index (χ2n) is 6.40. The van der Waals surface area contributed by atoms with Crippen molar-refractivity contribution >= 4 is 50.9 Å². The van der Waals surface area contributed by atoms with Crippen LogP contribution in [0.5, 0.6) is 0 Å². The van der Waals surface area contributed by atoms with Crippen molar-refractivity contribution in [3.63, 3.8) is 0 Å². The Bertz CT molecular complexity index is 1060. The lowest BCUT2D eigenvalue weighted by Gasteiger charge is -2.26. The molecule has 2 aromatic rings. The summed E-state index contributed by atoms with van der Waals surface area (Å²) in [5.74, 6) is -0.443. The van der Waals surface area contributed by atoms with E-state index in [9.17, 15) is 13.2 Å². The van der Waals surface area contributed by atoms with Gasteiger partial charge in [0.2, 0.25) is 15.9 Å². The van der Waals surface area contributed by atoms with Crippen LogP contribution in [0.3, 0.4) is 0 Å². The predicted octanol–water partition coefficient (Wildman–Crippen LogP) is 2.71. The van der Waals surface area contributed by atoms with Gasteiger partial charge in [-0.3, -0.25) is 9.48 Å². The molecule has 1 aromatic heterocycles. The molecule has 1 saturated heterocycles. The van der Waals surface area contributed by atoms with Crippen LogP contribution in [0, 0.1) is 6.92 Å². The van der Waals surface area contributed by atoms with Crippen LogP contribution in [0.1, 0.15) is 11.3 Å². The van der Waals surface area contributed by atoms with Crippen molar-refractivity contribution < 1.29 is 17.9 Å². The first-order chi connectivity index (χ1) is 13.7. The van der Waals surface area contributed by atoms with E-state index in [1.807, 2.05) is 0 Å². The second-order valence-corrected chi connectivity index (χ2v) is 9.07. The van der Waals surface area contributed by atoms with Crippen LogP contribution in [-0.4, -0.2) is 54.7 Å². The molecule has 0 atom stereocenters. The Kier molecular flexibility index (Phi) is 6.65. The highest BCUT2D eigenvalue weighted by molar-refractivity contribution is 7.89. The van der Waals surface area contributed by atoms with Crippen molar-refractivity contribution in [2.45, 2.75) is 11.8 Å². The molecule has 156 valence electrons. The van der Waals surface area contributed by atoms with Crippen molar-refractivity contribution in [3.05, 3.63) is 45.7 Å². The van der Waals surface area contributed by atoms with Crippen LogP contribution in [0.15, 0.2) is 29.2 Å². The van der Waals surface area contributed by atoms with Gasteiger partial charge in [0.05, 0.1) is 23.9 Å². The monoisotopic (exact) mass is 458 g/mol. The van der Waals surface area contributed by atoms with E-state index in [1.54, 1.807) is 20.0 Å². The Balaban J connectivity index is 1.79. The van der Waals surface area contributed by atoms with Crippen molar-refractivity contribution in [1.82, 2.24) is 14.1 Å². The summed E-state index contributed by atoms with van der Waals surface area (Å²) in [6.07, 6.45) is 2.86. The number of ether oxygens (including phenoxy) is 1. The summed E-state index contributed by atoms with van der Waals surface area (Å²) in [5, 5.41) is 7.31. The molecular weight excluding hydrogens is 439 g/mol. The number of sulfonamides is 1. The van der Waals surface area contributed by atoms with E-state index in [2.05, 4.69) is 10.4 Å². The molecule has 0 aliphatic carbocycles. The quantitative estimate of drug-likeness (QED) is 0.695. The highest BCUT2D eigenvalue weighted by Crippen LogP contribution is 2.28. The fraction of sp³-hybridized carbons (Fsp3) is 0.333. The maximum absolute atomic E-state index is 12.9. The molecule has 1 N–H and O–H groups in total. The van der Waals surface area contributed by atoms with Crippen LogP contribution < -0.4 is 5.32 Å². The second kappa shape index (κ2) is 8.85. The first-order valence-corrected chi connectivity index (χ1v) is 11.0. The van der Waals surface area contributed by atoms with Gasteiger partial charge in [-0.1, -0.05) is 23.2 Å². The zero-order valence-electron chi connectivity index (χ0n) is 15.9. The zero-order chi connectivity index (χ0) is 21.2. The molecule has 0 radical (unpaired) electrons. The molecule has 0 unspecified atom stereocenters. The van der Waals surface area contributed by atoms with Crippen molar-refractivity contribution in [3.8, 4) is 0 Å². The number of halogens is 2. The molecular formula is C18H20Cl2N4O4S. The standard InChI is InChI=1S/C18H20Cl2N4O4S/c1-12-14(18(20)23(2)22-12)4-6-17(25)21-13-3-5-15(19)16(11-13)29(26,27)24-7-9-28-10-8-24/h3-6,11H,7-10H2,1-2H3,(H,21,25)/b6-4+. The topological polar surface area (TPSA) is 93.5 Å². The lowest BCUT2D eigenvalue weighted by atomic mass is 10.2. The number of nitrogens with zero attached hydrogens (tertiary/aromatic N) is 3. The number of anilines is 1. The predicted molar refractivity (Wildman–Crippen MR) is 112 cm³/mol. The Morgan fingerprint density at radius 1 is 1.28 bits per heavy atom. The van der Waals surface area contributed by atoms with Gasteiger partial charge in [-0.2, -0.15) is 9.40 Å². The third-order valence-corrected chi connectivity index (χ3v) is 7.21. The van der Waals surface area contributed by atoms with Gasteiger partial charge < -0.3 is 10.1 Å². The van der Waals surface area contributed by atoms with Gasteiger partial charge in [-0.15, -0.1) is 0 Å². The summed E-state index contributed by atoms with van der Waals surface area (Å²) in [6, 6.07) is 4.33. The van der Waals surface area contributed by atoms with E-state index in [4.69, 9.17) is 27.9 Å². The van der Waals surface area contributed by atoms with Gasteiger partial charge >= 0.3 is 0 Å². The summed E-state index contributed by atoms with van der Waals surface area (Å²) in [4.78, 5) is 12.2. The molecule has 0 saturated carbocycles. The normalized spacial score (nSPS) is 15.7. The molecule has 11 heteroatoms. The van der Waals surface area contributed by atoms with Crippen LogP contribution in [-0.2, 0) is 26.6 Å². The average Bonchev–Trinajstić information content (AvgIpc) is 2.93. The Morgan fingerprint density at radius 3 is 2.59 bits per heavy atom. The number of nitrogens with one attached hydrogen (secondary N) is 1. The minimum absolute atomic E-state index is 0.0611. The molecule has 1 fully saturated rings. The maximum Gasteiger partial charge on any atom is 0.248 e. The average molecular weight is 459 g/mol. The van der Waals surface area contributed by atoms with E-state index >= 15 is 0 Å². The SMILES string of the molecule is Cc1nn(C)c(Cl)c1/C=C/C(=O)Nc1ccc(Cl)c(S(=O)(=O)N2CCOCC2)c1. The summed E-state index contributed by atoms with van der Waals surface area (Å²) in [7, 11) is -2.09. The number of hydrogen-bond acceptors (Lipinski definition) is 5. The van der Waals surface area contributed by atoms with Gasteiger partial charge in [-0.05, 0) is 31.2 Å². The fourth-order valence-electron chi connectivity index (χ4n) is 2.88. The van der Waals surface area contributed by atoms with Gasteiger partial charge in [-0.25, -0.2) is 8.42 Å². The number of aromatic nitrogens is 2. The van der Waals surface area contributed by atoms with E-state index in [0.29, 0.717) is 35.3 Å². The highest BCUT2D eigenvalue weighted by atomic mass is 35.5. The summed E-state index contributed by atoms with van der Waals surface area (Å²) in [5.41, 5.74) is 1.63. The van der Waals surface area contributed by atoms with E-state index in [1.165, 1.54) is 33.3 Å². The number of carbonyl (C=O) groups excluding carboxylic acids is 1. The molecule has 2 heterocycles. The molecule has 1 aliphatic heterocycles. The van der Waals surface area contributed by atoms with Crippen LogP contribution in [0.25, 0.3) is 6.08 Å². The van der Waals surface area contributed by atoms with Gasteiger partial charge in [0, 0.05) is 37.5 Å². The van der Waals surface area contributed by atoms with Crippen molar-refractivity contribution in [2.75, 3.05) is 31.6 Å². The molecule has 3 rings (SSSR count). The number of carbonyl (C=O) groups is 1. The Labute approximate surface area is 179 Å². The smallest absolute Gasteiger partial charge is 0.248 e. The third kappa shape index (κ3) is 4.81. The first-order valence-electron chi connectivity index (χ1n) is 8.76. The number of morpholine rings is 1. The molecule has 29 heavy (non-hydrogen) atoms. The highest BCUT2D eigenvalue weighted by Gasteiger charge is 2.28. The number of aryl methyl sites for hydroxylation is 2. The first kappa shape index (κ1) is 21.8. The van der Waals surface area contributed by atoms with E-state index < -0.39 is 15.9 Å². The van der Waals surface area contributed by atoms with Gasteiger partial charge in [0.25, 0.3) is 0 Å². The number of amides is 1. The van der Waals surface area contributed by atoms with E-state index in [0.717, 1.165) is 0 Å². The lowest BCUT2D eigenvalue weighted by molar-refractivity contribution is -0.111. The largest absolute Gasteiger partial charge is 0.379 e. The van der Waals surface area contributed by atoms with Crippen LogP contribution >= 0.6 is 23.2 Å². The molecule has 8 nitrogen and oxygen atoms in total. The van der Waals surface area contributed by atoms with E-state index in [-0.39, 0.29) is 23.0 Å². The molecule has 1 aliphatic rings. The van der Waals surface area contributed by atoms with Crippen LogP contribution in [0.2, 0.25) is 10.2 Å². The van der Waals surface area contributed by atoms with Crippen molar-refractivity contribution in [1.29, 1.82) is 0 Å². The summed E-state index contributed by atoms with van der Waals surface area (Å²) < 4.78 is 33.8. The van der Waals surface area contributed by atoms with Gasteiger partial charge in [0.15, 0.2) is 0 Å². The minimum Gasteiger partial charge on any atom is -0.379 e. The molecule has 0 bridgehead atoms. The third-order valence-electron chi connectivity index (χ3n) is 4.38. The summed E-state index contributed by atoms with van der Waals surface area (Å²) in [6.45, 7) is 2.95. The van der Waals surface area contributed by atoms with Gasteiger partial charge in [0.1, 0.15) is 10.0 Å². The fourth-order valence-corrected chi connectivity index (χ4v) is 5.03. The number of rotatable bonds is 5. The lowest BCUT2D eigenvalue weighted by Crippen LogP contribution is -2.40.